The largest absolute Gasteiger partial charge is 0.479 e. The number of benzene rings is 1. The van der Waals surface area contributed by atoms with Crippen LogP contribution >= 0.6 is 0 Å². The molecule has 0 bridgehead atoms. The fraction of sp³-hybridized carbons (Fsp3) is 0.500. The monoisotopic (exact) mass is 251 g/mol. The van der Waals surface area contributed by atoms with Crippen LogP contribution in [0.5, 0.6) is 0 Å². The molecule has 0 aromatic heterocycles. The summed E-state index contributed by atoms with van der Waals surface area (Å²) >= 11 is 0. The molecule has 0 saturated carbocycles. The molecule has 0 spiro atoms. The van der Waals surface area contributed by atoms with Crippen LogP contribution in [-0.4, -0.2) is 42.3 Å². The van der Waals surface area contributed by atoms with E-state index in [2.05, 4.69) is 19.1 Å². The number of likely N-dealkylation sites (N-methyl/N-ethyl adjacent to an activating group) is 1. The number of carbonyl (C=O) groups is 1. The molecule has 0 aliphatic carbocycles. The Morgan fingerprint density at radius 3 is 2.67 bits per heavy atom. The molecule has 1 aromatic rings. The van der Waals surface area contributed by atoms with Gasteiger partial charge in [-0.05, 0) is 32.0 Å². The summed E-state index contributed by atoms with van der Waals surface area (Å²) < 4.78 is 5.20. The summed E-state index contributed by atoms with van der Waals surface area (Å²) in [6, 6.07) is 8.11. The minimum atomic E-state index is -0.909. The van der Waals surface area contributed by atoms with Gasteiger partial charge in [0.15, 0.2) is 6.10 Å². The van der Waals surface area contributed by atoms with Crippen LogP contribution in [0.3, 0.4) is 0 Å². The molecule has 18 heavy (non-hydrogen) atoms. The third kappa shape index (κ3) is 4.47. The Bertz CT molecular complexity index is 392. The van der Waals surface area contributed by atoms with E-state index in [9.17, 15) is 4.79 Å². The van der Waals surface area contributed by atoms with Crippen molar-refractivity contribution in [3.63, 3.8) is 0 Å². The second-order valence-corrected chi connectivity index (χ2v) is 4.41. The molecule has 0 saturated heterocycles. The Balaban J connectivity index is 2.57. The molecule has 0 aliphatic heterocycles. The number of carboxylic acids is 1. The highest BCUT2D eigenvalue weighted by molar-refractivity contribution is 5.72. The van der Waals surface area contributed by atoms with E-state index in [-0.39, 0.29) is 0 Å². The predicted octanol–water partition coefficient (Wildman–Crippen LogP) is 1.92. The summed E-state index contributed by atoms with van der Waals surface area (Å²) in [5, 5.41) is 9.02. The molecule has 0 amide bonds. The van der Waals surface area contributed by atoms with Crippen molar-refractivity contribution in [2.75, 3.05) is 20.2 Å². The van der Waals surface area contributed by atoms with Gasteiger partial charge in [-0.2, -0.15) is 0 Å². The van der Waals surface area contributed by atoms with Crippen LogP contribution < -0.4 is 0 Å². The van der Waals surface area contributed by atoms with Gasteiger partial charge in [0.2, 0.25) is 0 Å². The Morgan fingerprint density at radius 1 is 1.44 bits per heavy atom. The zero-order valence-corrected chi connectivity index (χ0v) is 11.2. The van der Waals surface area contributed by atoms with Crippen molar-refractivity contribution in [1.29, 1.82) is 0 Å². The summed E-state index contributed by atoms with van der Waals surface area (Å²) in [5.74, 6) is -0.909. The maximum Gasteiger partial charge on any atom is 0.334 e. The first-order valence-electron chi connectivity index (χ1n) is 6.12. The van der Waals surface area contributed by atoms with Gasteiger partial charge in [-0.3, -0.25) is 4.90 Å². The van der Waals surface area contributed by atoms with Crippen LogP contribution in [0, 0.1) is 6.92 Å². The quantitative estimate of drug-likeness (QED) is 0.804. The van der Waals surface area contributed by atoms with Crippen LogP contribution in [-0.2, 0) is 16.1 Å². The Labute approximate surface area is 108 Å². The molecule has 100 valence electrons. The van der Waals surface area contributed by atoms with Crippen LogP contribution in [0.1, 0.15) is 18.1 Å². The summed E-state index contributed by atoms with van der Waals surface area (Å²) in [5.41, 5.74) is 2.42. The van der Waals surface area contributed by atoms with Gasteiger partial charge in [-0.25, -0.2) is 4.79 Å². The fourth-order valence-electron chi connectivity index (χ4n) is 1.83. The van der Waals surface area contributed by atoms with Crippen LogP contribution in [0.25, 0.3) is 0 Å². The summed E-state index contributed by atoms with van der Waals surface area (Å²) in [4.78, 5) is 13.0. The Kier molecular flexibility index (Phi) is 5.82. The van der Waals surface area contributed by atoms with Crippen molar-refractivity contribution in [1.82, 2.24) is 4.90 Å². The molecule has 1 aromatic carbocycles. The number of aliphatic carboxylic acids is 1. The van der Waals surface area contributed by atoms with Gasteiger partial charge in [-0.15, -0.1) is 0 Å². The normalized spacial score (nSPS) is 12.7. The first kappa shape index (κ1) is 14.7. The second kappa shape index (κ2) is 7.13. The lowest BCUT2D eigenvalue weighted by Gasteiger charge is -2.22. The molecular formula is C14H21NO3. The third-order valence-corrected chi connectivity index (χ3v) is 2.82. The lowest BCUT2D eigenvalue weighted by molar-refractivity contribution is -0.151. The van der Waals surface area contributed by atoms with Gasteiger partial charge in [-0.1, -0.05) is 24.3 Å². The second-order valence-electron chi connectivity index (χ2n) is 4.41. The number of rotatable bonds is 7. The van der Waals surface area contributed by atoms with Crippen molar-refractivity contribution >= 4 is 5.97 Å². The first-order chi connectivity index (χ1) is 8.54. The summed E-state index contributed by atoms with van der Waals surface area (Å²) in [6.07, 6.45) is -0.760. The lowest BCUT2D eigenvalue weighted by atomic mass is 10.1. The Hall–Kier alpha value is -1.39. The molecule has 1 atom stereocenters. The smallest absolute Gasteiger partial charge is 0.334 e. The predicted molar refractivity (Wildman–Crippen MR) is 70.6 cm³/mol. The van der Waals surface area contributed by atoms with E-state index in [0.29, 0.717) is 13.2 Å². The number of hydrogen-bond donors (Lipinski definition) is 1. The van der Waals surface area contributed by atoms with Gasteiger partial charge in [0.1, 0.15) is 0 Å². The fourth-order valence-corrected chi connectivity index (χ4v) is 1.83. The third-order valence-electron chi connectivity index (χ3n) is 2.82. The van der Waals surface area contributed by atoms with Crippen molar-refractivity contribution < 1.29 is 14.6 Å². The maximum atomic E-state index is 11.0. The van der Waals surface area contributed by atoms with E-state index < -0.39 is 12.1 Å². The Morgan fingerprint density at radius 2 is 2.11 bits per heavy atom. The number of carboxylic acid groups (broad SMARTS) is 1. The van der Waals surface area contributed by atoms with Crippen molar-refractivity contribution in [2.45, 2.75) is 26.5 Å². The molecule has 1 unspecified atom stereocenters. The van der Waals surface area contributed by atoms with Crippen molar-refractivity contribution in [3.05, 3.63) is 35.4 Å². The highest BCUT2D eigenvalue weighted by Gasteiger charge is 2.19. The SMILES string of the molecule is CCOC(CN(C)Cc1ccccc1C)C(=O)O. The molecule has 1 N–H and O–H groups in total. The van der Waals surface area contributed by atoms with Crippen molar-refractivity contribution in [3.8, 4) is 0 Å². The van der Waals surface area contributed by atoms with E-state index in [1.54, 1.807) is 6.92 Å². The van der Waals surface area contributed by atoms with Crippen molar-refractivity contribution in [2.24, 2.45) is 0 Å². The van der Waals surface area contributed by atoms with Gasteiger partial charge in [0.25, 0.3) is 0 Å². The van der Waals surface area contributed by atoms with E-state index in [1.165, 1.54) is 11.1 Å². The molecule has 4 heteroatoms. The average molecular weight is 251 g/mol. The molecule has 0 fully saturated rings. The van der Waals surface area contributed by atoms with Crippen LogP contribution in [0.15, 0.2) is 24.3 Å². The number of nitrogens with zero attached hydrogens (tertiary/aromatic N) is 1. The van der Waals surface area contributed by atoms with Crippen LogP contribution in [0.4, 0.5) is 0 Å². The molecule has 0 heterocycles. The molecule has 0 radical (unpaired) electrons. The van der Waals surface area contributed by atoms with Gasteiger partial charge < -0.3 is 9.84 Å². The zero-order chi connectivity index (χ0) is 13.5. The topological polar surface area (TPSA) is 49.8 Å². The number of aryl methyl sites for hydroxylation is 1. The van der Waals surface area contributed by atoms with E-state index in [4.69, 9.17) is 9.84 Å². The summed E-state index contributed by atoms with van der Waals surface area (Å²) in [6.45, 7) is 5.38. The summed E-state index contributed by atoms with van der Waals surface area (Å²) in [7, 11) is 1.90. The number of hydrogen-bond acceptors (Lipinski definition) is 3. The minimum Gasteiger partial charge on any atom is -0.479 e. The molecule has 4 nitrogen and oxygen atoms in total. The van der Waals surface area contributed by atoms with E-state index in [1.807, 2.05) is 24.1 Å². The highest BCUT2D eigenvalue weighted by Crippen LogP contribution is 2.10. The van der Waals surface area contributed by atoms with Gasteiger partial charge >= 0.3 is 5.97 Å². The van der Waals surface area contributed by atoms with Gasteiger partial charge in [0, 0.05) is 19.7 Å². The zero-order valence-electron chi connectivity index (χ0n) is 11.2. The van der Waals surface area contributed by atoms with Gasteiger partial charge in [0.05, 0.1) is 0 Å². The lowest BCUT2D eigenvalue weighted by Crippen LogP contribution is -2.36. The first-order valence-corrected chi connectivity index (χ1v) is 6.12. The average Bonchev–Trinajstić information content (AvgIpc) is 2.31. The number of ether oxygens (including phenoxy) is 1. The standard InChI is InChI=1S/C14H21NO3/c1-4-18-13(14(16)17)10-15(3)9-12-8-6-5-7-11(12)2/h5-8,13H,4,9-10H2,1-3H3,(H,16,17). The molecule has 1 rings (SSSR count). The minimum absolute atomic E-state index is 0.386. The maximum absolute atomic E-state index is 11.0. The highest BCUT2D eigenvalue weighted by atomic mass is 16.5. The molecule has 0 aliphatic rings. The van der Waals surface area contributed by atoms with Crippen LogP contribution in [0.2, 0.25) is 0 Å². The van der Waals surface area contributed by atoms with E-state index in [0.717, 1.165) is 6.54 Å². The molecular weight excluding hydrogens is 230 g/mol. The van der Waals surface area contributed by atoms with E-state index >= 15 is 0 Å².